The van der Waals surface area contributed by atoms with Crippen molar-refractivity contribution in [3.63, 3.8) is 0 Å². The number of nitrogens with one attached hydrogen (secondary N) is 1. The van der Waals surface area contributed by atoms with E-state index >= 15 is 0 Å². The maximum Gasteiger partial charge on any atom is 0.203 e. The van der Waals surface area contributed by atoms with Crippen LogP contribution in [0.25, 0.3) is 11.4 Å². The largest absolute Gasteiger partial charge is 0.356 e. The Hall–Kier alpha value is -1.01. The van der Waals surface area contributed by atoms with Crippen LogP contribution >= 0.6 is 27.5 Å². The Kier molecular flexibility index (Phi) is 3.68. The molecule has 0 amide bonds. The van der Waals surface area contributed by atoms with E-state index in [9.17, 15) is 4.39 Å². The van der Waals surface area contributed by atoms with Crippen LogP contribution in [0.4, 0.5) is 9.52 Å². The van der Waals surface area contributed by atoms with Crippen LogP contribution < -0.4 is 5.32 Å². The molecule has 0 aliphatic rings. The van der Waals surface area contributed by atoms with Crippen LogP contribution in [0.1, 0.15) is 20.8 Å². The van der Waals surface area contributed by atoms with E-state index < -0.39 is 0 Å². The van der Waals surface area contributed by atoms with Crippen LogP contribution in [0.5, 0.6) is 0 Å². The van der Waals surface area contributed by atoms with Gasteiger partial charge in [-0.1, -0.05) is 0 Å². The fraction of sp³-hybridized carbons (Fsp3) is 0.333. The van der Waals surface area contributed by atoms with Gasteiger partial charge in [0.25, 0.3) is 0 Å². The SMILES string of the molecule is CC(C)(C)Nc1nc(-c2ccc(F)cc2Br)ns1. The van der Waals surface area contributed by atoms with Gasteiger partial charge < -0.3 is 5.32 Å². The topological polar surface area (TPSA) is 37.8 Å². The molecule has 2 rings (SSSR count). The van der Waals surface area contributed by atoms with Crippen molar-refractivity contribution in [1.82, 2.24) is 9.36 Å². The summed E-state index contributed by atoms with van der Waals surface area (Å²) in [5.74, 6) is 0.313. The molecule has 1 aromatic heterocycles. The number of rotatable bonds is 2. The molecule has 18 heavy (non-hydrogen) atoms. The van der Waals surface area contributed by atoms with Crippen LogP contribution in [0.15, 0.2) is 22.7 Å². The third kappa shape index (κ3) is 3.26. The van der Waals surface area contributed by atoms with Gasteiger partial charge in [0.2, 0.25) is 5.13 Å². The van der Waals surface area contributed by atoms with Gasteiger partial charge in [0.15, 0.2) is 5.82 Å². The zero-order valence-corrected chi connectivity index (χ0v) is 12.7. The molecule has 0 saturated heterocycles. The number of anilines is 1. The Morgan fingerprint density at radius 3 is 2.67 bits per heavy atom. The highest BCUT2D eigenvalue weighted by molar-refractivity contribution is 9.10. The summed E-state index contributed by atoms with van der Waals surface area (Å²) in [6.45, 7) is 6.17. The zero-order chi connectivity index (χ0) is 13.3. The summed E-state index contributed by atoms with van der Waals surface area (Å²) in [6.07, 6.45) is 0. The Morgan fingerprint density at radius 2 is 2.06 bits per heavy atom. The first-order valence-corrected chi connectivity index (χ1v) is 6.99. The standard InChI is InChI=1S/C12H13BrFN3S/c1-12(2,3)16-11-15-10(17-18-11)8-5-4-7(14)6-9(8)13/h4-6H,1-3H3,(H,15,16,17). The molecule has 1 aromatic carbocycles. The van der Waals surface area contributed by atoms with Crippen molar-refractivity contribution in [2.75, 3.05) is 5.32 Å². The number of hydrogen-bond donors (Lipinski definition) is 1. The molecule has 6 heteroatoms. The minimum absolute atomic E-state index is 0.0587. The first kappa shape index (κ1) is 13.4. The highest BCUT2D eigenvalue weighted by Gasteiger charge is 2.15. The fourth-order valence-electron chi connectivity index (χ4n) is 1.38. The lowest BCUT2D eigenvalue weighted by Gasteiger charge is -2.18. The quantitative estimate of drug-likeness (QED) is 0.891. The summed E-state index contributed by atoms with van der Waals surface area (Å²) in [5, 5.41) is 4.02. The highest BCUT2D eigenvalue weighted by atomic mass is 79.9. The third-order valence-corrected chi connectivity index (χ3v) is 3.37. The van der Waals surface area contributed by atoms with Crippen molar-refractivity contribution in [1.29, 1.82) is 0 Å². The number of nitrogens with zero attached hydrogens (tertiary/aromatic N) is 2. The second kappa shape index (κ2) is 4.93. The molecular weight excluding hydrogens is 317 g/mol. The molecule has 0 aliphatic carbocycles. The average molecular weight is 330 g/mol. The molecule has 3 nitrogen and oxygen atoms in total. The zero-order valence-electron chi connectivity index (χ0n) is 10.3. The van der Waals surface area contributed by atoms with E-state index in [4.69, 9.17) is 0 Å². The Labute approximate surface area is 118 Å². The monoisotopic (exact) mass is 329 g/mol. The number of benzene rings is 1. The summed E-state index contributed by atoms with van der Waals surface area (Å²) in [5.41, 5.74) is 0.728. The van der Waals surface area contributed by atoms with Crippen molar-refractivity contribution in [3.8, 4) is 11.4 Å². The molecule has 1 N–H and O–H groups in total. The summed E-state index contributed by atoms with van der Waals surface area (Å²) >= 11 is 4.62. The third-order valence-electron chi connectivity index (χ3n) is 2.08. The summed E-state index contributed by atoms with van der Waals surface area (Å²) < 4.78 is 17.9. The van der Waals surface area contributed by atoms with Crippen LogP contribution in [-0.4, -0.2) is 14.9 Å². The normalized spacial score (nSPS) is 11.6. The van der Waals surface area contributed by atoms with Crippen LogP contribution in [0, 0.1) is 5.82 Å². The van der Waals surface area contributed by atoms with E-state index in [-0.39, 0.29) is 11.4 Å². The molecule has 96 valence electrons. The van der Waals surface area contributed by atoms with E-state index in [2.05, 4.69) is 51.4 Å². The van der Waals surface area contributed by atoms with Crippen LogP contribution in [-0.2, 0) is 0 Å². The Morgan fingerprint density at radius 1 is 1.33 bits per heavy atom. The highest BCUT2D eigenvalue weighted by Crippen LogP contribution is 2.29. The van der Waals surface area contributed by atoms with Gasteiger partial charge in [0.05, 0.1) is 0 Å². The van der Waals surface area contributed by atoms with Gasteiger partial charge in [-0.2, -0.15) is 9.36 Å². The minimum atomic E-state index is -0.283. The maximum absolute atomic E-state index is 13.0. The van der Waals surface area contributed by atoms with E-state index in [1.165, 1.54) is 23.7 Å². The molecule has 1 heterocycles. The summed E-state index contributed by atoms with van der Waals surface area (Å²) in [7, 11) is 0. The molecule has 0 bridgehead atoms. The lowest BCUT2D eigenvalue weighted by atomic mass is 10.1. The molecule has 2 aromatic rings. The number of aromatic nitrogens is 2. The van der Waals surface area contributed by atoms with Gasteiger partial charge in [-0.3, -0.25) is 0 Å². The molecule has 0 saturated carbocycles. The average Bonchev–Trinajstić information content (AvgIpc) is 2.63. The predicted molar refractivity (Wildman–Crippen MR) is 76.4 cm³/mol. The van der Waals surface area contributed by atoms with Crippen molar-refractivity contribution >= 4 is 32.6 Å². The Balaban J connectivity index is 2.29. The molecule has 0 fully saturated rings. The summed E-state index contributed by atoms with van der Waals surface area (Å²) in [6, 6.07) is 4.48. The fourth-order valence-corrected chi connectivity index (χ4v) is 2.69. The Bertz CT molecular complexity index is 563. The van der Waals surface area contributed by atoms with Gasteiger partial charge in [-0.15, -0.1) is 0 Å². The van der Waals surface area contributed by atoms with Gasteiger partial charge in [0, 0.05) is 27.1 Å². The first-order chi connectivity index (χ1) is 8.35. The maximum atomic E-state index is 13.0. The molecular formula is C12H13BrFN3S. The molecule has 0 atom stereocenters. The van der Waals surface area contributed by atoms with Gasteiger partial charge in [-0.05, 0) is 54.9 Å². The molecule has 0 radical (unpaired) electrons. The minimum Gasteiger partial charge on any atom is -0.356 e. The number of hydrogen-bond acceptors (Lipinski definition) is 4. The van der Waals surface area contributed by atoms with E-state index in [1.54, 1.807) is 6.07 Å². The second-order valence-electron chi connectivity index (χ2n) is 4.92. The molecule has 0 aliphatic heterocycles. The van der Waals surface area contributed by atoms with Crippen LogP contribution in [0.2, 0.25) is 0 Å². The van der Waals surface area contributed by atoms with Crippen LogP contribution in [0.3, 0.4) is 0 Å². The predicted octanol–water partition coefficient (Wildman–Crippen LogP) is 4.32. The molecule has 0 spiro atoms. The van der Waals surface area contributed by atoms with Gasteiger partial charge in [-0.25, -0.2) is 4.39 Å². The summed E-state index contributed by atoms with van der Waals surface area (Å²) in [4.78, 5) is 4.40. The first-order valence-electron chi connectivity index (χ1n) is 5.42. The van der Waals surface area contributed by atoms with Crippen molar-refractivity contribution in [2.45, 2.75) is 26.3 Å². The van der Waals surface area contributed by atoms with E-state index in [1.807, 2.05) is 0 Å². The van der Waals surface area contributed by atoms with Crippen molar-refractivity contribution in [3.05, 3.63) is 28.5 Å². The van der Waals surface area contributed by atoms with Crippen molar-refractivity contribution < 1.29 is 4.39 Å². The lowest BCUT2D eigenvalue weighted by molar-refractivity contribution is 0.627. The smallest absolute Gasteiger partial charge is 0.203 e. The lowest BCUT2D eigenvalue weighted by Crippen LogP contribution is -2.25. The second-order valence-corrected chi connectivity index (χ2v) is 6.53. The molecule has 0 unspecified atom stereocenters. The van der Waals surface area contributed by atoms with Crippen molar-refractivity contribution in [2.24, 2.45) is 0 Å². The van der Waals surface area contributed by atoms with Gasteiger partial charge >= 0.3 is 0 Å². The van der Waals surface area contributed by atoms with Gasteiger partial charge in [0.1, 0.15) is 5.82 Å². The number of halogens is 2. The van der Waals surface area contributed by atoms with E-state index in [0.717, 1.165) is 10.7 Å². The van der Waals surface area contributed by atoms with E-state index in [0.29, 0.717) is 10.3 Å².